The van der Waals surface area contributed by atoms with E-state index in [9.17, 15) is 4.39 Å². The summed E-state index contributed by atoms with van der Waals surface area (Å²) in [7, 11) is 0. The molecule has 0 aliphatic carbocycles. The molecule has 0 aromatic heterocycles. The van der Waals surface area contributed by atoms with Crippen LogP contribution in [0.2, 0.25) is 0 Å². The molecule has 0 fully saturated rings. The van der Waals surface area contributed by atoms with Crippen LogP contribution in [-0.2, 0) is 13.1 Å². The number of nitrogens with one attached hydrogen (secondary N) is 1. The van der Waals surface area contributed by atoms with Crippen LogP contribution in [0.3, 0.4) is 0 Å². The van der Waals surface area contributed by atoms with Gasteiger partial charge in [-0.15, -0.1) is 0 Å². The summed E-state index contributed by atoms with van der Waals surface area (Å²) in [5, 5.41) is 14.6. The second kappa shape index (κ2) is 6.85. The number of rotatable bonds is 5. The Labute approximate surface area is 123 Å². The van der Waals surface area contributed by atoms with Gasteiger partial charge in [-0.1, -0.05) is 47.1 Å². The van der Waals surface area contributed by atoms with Gasteiger partial charge in [-0.25, -0.2) is 4.39 Å². The Kier molecular flexibility index (Phi) is 4.90. The molecule has 0 saturated heterocycles. The van der Waals surface area contributed by atoms with Crippen LogP contribution in [0.5, 0.6) is 0 Å². The Hall–Kier alpha value is -2.40. The fourth-order valence-electron chi connectivity index (χ4n) is 2.07. The number of benzene rings is 2. The Morgan fingerprint density at radius 2 is 2.05 bits per heavy atom. The van der Waals surface area contributed by atoms with Gasteiger partial charge >= 0.3 is 0 Å². The SMILES string of the molecule is Cc1cccc(CNCc2ccc(C(N)=NO)cc2F)c1. The molecule has 2 aromatic carbocycles. The van der Waals surface area contributed by atoms with Crippen LogP contribution in [0.15, 0.2) is 47.6 Å². The zero-order chi connectivity index (χ0) is 15.2. The highest BCUT2D eigenvalue weighted by Crippen LogP contribution is 2.11. The molecule has 4 nitrogen and oxygen atoms in total. The minimum atomic E-state index is -0.379. The lowest BCUT2D eigenvalue weighted by molar-refractivity contribution is 0.318. The first-order valence-corrected chi connectivity index (χ1v) is 6.62. The average Bonchev–Trinajstić information content (AvgIpc) is 2.48. The van der Waals surface area contributed by atoms with Gasteiger partial charge in [0.1, 0.15) is 5.82 Å². The number of oxime groups is 1. The second-order valence-electron chi connectivity index (χ2n) is 4.88. The van der Waals surface area contributed by atoms with E-state index >= 15 is 0 Å². The Balaban J connectivity index is 1.97. The van der Waals surface area contributed by atoms with Crippen molar-refractivity contribution in [1.82, 2.24) is 5.32 Å². The van der Waals surface area contributed by atoms with Crippen LogP contribution in [0.1, 0.15) is 22.3 Å². The third kappa shape index (κ3) is 4.03. The Morgan fingerprint density at radius 1 is 1.24 bits per heavy atom. The highest BCUT2D eigenvalue weighted by atomic mass is 19.1. The molecule has 110 valence electrons. The molecule has 0 saturated carbocycles. The van der Waals surface area contributed by atoms with Crippen molar-refractivity contribution in [3.05, 3.63) is 70.5 Å². The van der Waals surface area contributed by atoms with E-state index in [2.05, 4.69) is 16.5 Å². The van der Waals surface area contributed by atoms with Gasteiger partial charge in [0.2, 0.25) is 0 Å². The first-order chi connectivity index (χ1) is 10.1. The molecule has 21 heavy (non-hydrogen) atoms. The largest absolute Gasteiger partial charge is 0.409 e. The fraction of sp³-hybridized carbons (Fsp3) is 0.188. The number of aryl methyl sites for hydroxylation is 1. The van der Waals surface area contributed by atoms with E-state index < -0.39 is 0 Å². The molecule has 0 radical (unpaired) electrons. The van der Waals surface area contributed by atoms with Crippen molar-refractivity contribution in [2.45, 2.75) is 20.0 Å². The molecule has 5 heteroatoms. The second-order valence-corrected chi connectivity index (χ2v) is 4.88. The van der Waals surface area contributed by atoms with Crippen molar-refractivity contribution >= 4 is 5.84 Å². The zero-order valence-corrected chi connectivity index (χ0v) is 11.8. The molecule has 0 aliphatic heterocycles. The van der Waals surface area contributed by atoms with Crippen molar-refractivity contribution in [2.24, 2.45) is 10.9 Å². The van der Waals surface area contributed by atoms with Gasteiger partial charge in [-0.3, -0.25) is 0 Å². The van der Waals surface area contributed by atoms with Gasteiger partial charge < -0.3 is 16.3 Å². The predicted octanol–water partition coefficient (Wildman–Crippen LogP) is 2.52. The lowest BCUT2D eigenvalue weighted by Gasteiger charge is -2.08. The van der Waals surface area contributed by atoms with E-state index in [-0.39, 0.29) is 11.7 Å². The normalized spacial score (nSPS) is 11.6. The summed E-state index contributed by atoms with van der Waals surface area (Å²) in [4.78, 5) is 0. The topological polar surface area (TPSA) is 70.6 Å². The van der Waals surface area contributed by atoms with Crippen LogP contribution in [0.4, 0.5) is 4.39 Å². The van der Waals surface area contributed by atoms with Crippen LogP contribution in [0, 0.1) is 12.7 Å². The minimum absolute atomic E-state index is 0.104. The van der Waals surface area contributed by atoms with E-state index in [1.54, 1.807) is 12.1 Å². The molecular weight excluding hydrogens is 269 g/mol. The summed E-state index contributed by atoms with van der Waals surface area (Å²) in [5.41, 5.74) is 8.67. The number of hydrogen-bond donors (Lipinski definition) is 3. The maximum atomic E-state index is 13.9. The number of nitrogens with zero attached hydrogens (tertiary/aromatic N) is 1. The first kappa shape index (κ1) is 15.0. The first-order valence-electron chi connectivity index (χ1n) is 6.62. The lowest BCUT2D eigenvalue weighted by atomic mass is 10.1. The molecule has 2 rings (SSSR count). The third-order valence-corrected chi connectivity index (χ3v) is 3.18. The molecular formula is C16H18FN3O. The van der Waals surface area contributed by atoms with Gasteiger partial charge in [0.15, 0.2) is 5.84 Å². The highest BCUT2D eigenvalue weighted by Gasteiger charge is 2.06. The maximum Gasteiger partial charge on any atom is 0.170 e. The molecule has 0 spiro atoms. The van der Waals surface area contributed by atoms with Crippen LogP contribution in [0.25, 0.3) is 0 Å². The van der Waals surface area contributed by atoms with E-state index in [0.717, 1.165) is 5.56 Å². The molecule has 0 aliphatic rings. The fourth-order valence-corrected chi connectivity index (χ4v) is 2.07. The summed E-state index contributed by atoms with van der Waals surface area (Å²) < 4.78 is 13.9. The Morgan fingerprint density at radius 3 is 2.71 bits per heavy atom. The number of hydrogen-bond acceptors (Lipinski definition) is 3. The summed E-state index contributed by atoms with van der Waals surface area (Å²) in [6.45, 7) is 3.12. The van der Waals surface area contributed by atoms with Crippen LogP contribution < -0.4 is 11.1 Å². The van der Waals surface area contributed by atoms with Gasteiger partial charge in [0.25, 0.3) is 0 Å². The molecule has 0 unspecified atom stereocenters. The van der Waals surface area contributed by atoms with Crippen LogP contribution >= 0.6 is 0 Å². The standard InChI is InChI=1S/C16H18FN3O/c1-11-3-2-4-12(7-11)9-19-10-14-6-5-13(8-15(14)17)16(18)20-21/h2-8,19,21H,9-10H2,1H3,(H2,18,20). The molecule has 0 bridgehead atoms. The zero-order valence-electron chi connectivity index (χ0n) is 11.8. The summed E-state index contributed by atoms with van der Waals surface area (Å²) in [5.74, 6) is -0.482. The maximum absolute atomic E-state index is 13.9. The molecule has 0 heterocycles. The van der Waals surface area contributed by atoms with E-state index in [4.69, 9.17) is 10.9 Å². The van der Waals surface area contributed by atoms with Gasteiger partial charge in [0, 0.05) is 24.2 Å². The predicted molar refractivity (Wildman–Crippen MR) is 80.6 cm³/mol. The molecule has 2 aromatic rings. The van der Waals surface area contributed by atoms with Crippen molar-refractivity contribution in [3.63, 3.8) is 0 Å². The van der Waals surface area contributed by atoms with Crippen molar-refractivity contribution in [2.75, 3.05) is 0 Å². The van der Waals surface area contributed by atoms with Gasteiger partial charge in [0.05, 0.1) is 0 Å². The van der Waals surface area contributed by atoms with Crippen molar-refractivity contribution in [1.29, 1.82) is 0 Å². The Bertz CT molecular complexity index is 656. The highest BCUT2D eigenvalue weighted by molar-refractivity contribution is 5.97. The van der Waals surface area contributed by atoms with Crippen molar-refractivity contribution < 1.29 is 9.60 Å². The molecule has 0 amide bonds. The number of nitrogens with two attached hydrogens (primary N) is 1. The van der Waals surface area contributed by atoms with Crippen LogP contribution in [-0.4, -0.2) is 11.0 Å². The van der Waals surface area contributed by atoms with E-state index in [1.165, 1.54) is 11.6 Å². The van der Waals surface area contributed by atoms with E-state index in [0.29, 0.717) is 24.2 Å². The molecule has 0 atom stereocenters. The monoisotopic (exact) mass is 287 g/mol. The molecule has 4 N–H and O–H groups in total. The summed E-state index contributed by atoms with van der Waals surface area (Å²) in [6.07, 6.45) is 0. The number of halogens is 1. The van der Waals surface area contributed by atoms with E-state index in [1.807, 2.05) is 25.1 Å². The van der Waals surface area contributed by atoms with Gasteiger partial charge in [-0.05, 0) is 18.6 Å². The minimum Gasteiger partial charge on any atom is -0.409 e. The summed E-state index contributed by atoms with van der Waals surface area (Å²) in [6, 6.07) is 12.7. The van der Waals surface area contributed by atoms with Crippen molar-refractivity contribution in [3.8, 4) is 0 Å². The quantitative estimate of drug-likeness (QED) is 0.342. The average molecular weight is 287 g/mol. The summed E-state index contributed by atoms with van der Waals surface area (Å²) >= 11 is 0. The third-order valence-electron chi connectivity index (χ3n) is 3.18. The smallest absolute Gasteiger partial charge is 0.170 e. The number of amidine groups is 1. The lowest BCUT2D eigenvalue weighted by Crippen LogP contribution is -2.16. The van der Waals surface area contributed by atoms with Gasteiger partial charge in [-0.2, -0.15) is 0 Å².